The van der Waals surface area contributed by atoms with E-state index in [0.29, 0.717) is 10.7 Å². The average Bonchev–Trinajstić information content (AvgIpc) is 3.05. The average molecular weight is 402 g/mol. The van der Waals surface area contributed by atoms with Crippen molar-refractivity contribution >= 4 is 34.8 Å². The molecular weight excluding hydrogens is 384 g/mol. The number of carbonyl (C=O) groups is 2. The van der Waals surface area contributed by atoms with Gasteiger partial charge in [-0.1, -0.05) is 48.5 Å². The molecule has 0 spiro atoms. The van der Waals surface area contributed by atoms with Crippen molar-refractivity contribution in [2.45, 2.75) is 13.0 Å². The van der Waals surface area contributed by atoms with Gasteiger partial charge in [-0.05, 0) is 42.0 Å². The van der Waals surface area contributed by atoms with Crippen molar-refractivity contribution in [2.75, 3.05) is 5.32 Å². The van der Waals surface area contributed by atoms with Gasteiger partial charge in [0.25, 0.3) is 11.1 Å². The molecule has 4 rings (SSSR count). The van der Waals surface area contributed by atoms with Gasteiger partial charge in [0, 0.05) is 11.6 Å². The number of thioether (sulfide) groups is 1. The van der Waals surface area contributed by atoms with Gasteiger partial charge in [0.2, 0.25) is 0 Å². The van der Waals surface area contributed by atoms with Gasteiger partial charge in [0.1, 0.15) is 5.82 Å². The van der Waals surface area contributed by atoms with Crippen LogP contribution in [-0.4, -0.2) is 21.1 Å². The van der Waals surface area contributed by atoms with Gasteiger partial charge >= 0.3 is 0 Å². The highest BCUT2D eigenvalue weighted by molar-refractivity contribution is 8.18. The third kappa shape index (κ3) is 4.52. The van der Waals surface area contributed by atoms with Crippen molar-refractivity contribution in [1.82, 2.24) is 15.3 Å². The van der Waals surface area contributed by atoms with Gasteiger partial charge in [0.15, 0.2) is 0 Å². The number of nitrogens with one attached hydrogen (secondary N) is 2. The van der Waals surface area contributed by atoms with Crippen molar-refractivity contribution in [3.8, 4) is 11.3 Å². The van der Waals surface area contributed by atoms with Crippen molar-refractivity contribution in [1.29, 1.82) is 0 Å². The van der Waals surface area contributed by atoms with Crippen LogP contribution in [0.4, 0.5) is 10.6 Å². The lowest BCUT2D eigenvalue weighted by atomic mass is 10.1. The number of rotatable bonds is 5. The molecule has 0 saturated carbocycles. The molecule has 1 unspecified atom stereocenters. The molecule has 1 aliphatic rings. The first kappa shape index (κ1) is 18.9. The van der Waals surface area contributed by atoms with Gasteiger partial charge in [-0.2, -0.15) is 0 Å². The minimum atomic E-state index is -0.369. The third-order valence-corrected chi connectivity index (χ3v) is 5.23. The summed E-state index contributed by atoms with van der Waals surface area (Å²) in [6.45, 7) is 2.07. The molecule has 1 saturated heterocycles. The molecule has 0 radical (unpaired) electrons. The fourth-order valence-corrected chi connectivity index (χ4v) is 3.66. The van der Waals surface area contributed by atoms with Crippen molar-refractivity contribution in [3.05, 3.63) is 83.0 Å². The minimum Gasteiger partial charge on any atom is -0.362 e. The second-order valence-corrected chi connectivity index (χ2v) is 7.56. The first-order valence-corrected chi connectivity index (χ1v) is 9.89. The molecule has 29 heavy (non-hydrogen) atoms. The molecule has 0 aliphatic carbocycles. The van der Waals surface area contributed by atoms with Crippen molar-refractivity contribution in [3.63, 3.8) is 0 Å². The SMILES string of the molecule is CC(Nc1cncc(-c2cccc(C=C3SC(=O)NC3=O)c2)n1)c1ccccc1. The second kappa shape index (κ2) is 8.28. The fourth-order valence-electron chi connectivity index (χ4n) is 2.98. The molecular formula is C22H18N4O2S. The summed E-state index contributed by atoms with van der Waals surface area (Å²) < 4.78 is 0. The molecule has 1 atom stereocenters. The Bertz CT molecular complexity index is 1100. The van der Waals surface area contributed by atoms with Crippen LogP contribution in [0.25, 0.3) is 17.3 Å². The number of anilines is 1. The van der Waals surface area contributed by atoms with Crippen LogP contribution in [0.1, 0.15) is 24.1 Å². The summed E-state index contributed by atoms with van der Waals surface area (Å²) in [5.74, 6) is 0.310. The molecule has 2 amide bonds. The van der Waals surface area contributed by atoms with Gasteiger partial charge in [-0.25, -0.2) is 4.98 Å². The lowest BCUT2D eigenvalue weighted by molar-refractivity contribution is -0.115. The Morgan fingerprint density at radius 1 is 1.07 bits per heavy atom. The molecule has 1 aromatic heterocycles. The predicted molar refractivity (Wildman–Crippen MR) is 115 cm³/mol. The molecule has 1 aliphatic heterocycles. The van der Waals surface area contributed by atoms with E-state index in [2.05, 4.69) is 39.7 Å². The number of hydrogen-bond acceptors (Lipinski definition) is 6. The summed E-state index contributed by atoms with van der Waals surface area (Å²) in [7, 11) is 0. The van der Waals surface area contributed by atoms with E-state index in [1.165, 1.54) is 0 Å². The minimum absolute atomic E-state index is 0.0901. The molecule has 1 fully saturated rings. The lowest BCUT2D eigenvalue weighted by Gasteiger charge is -2.15. The molecule has 7 heteroatoms. The molecule has 2 heterocycles. The van der Waals surface area contributed by atoms with E-state index in [-0.39, 0.29) is 17.2 Å². The molecule has 6 nitrogen and oxygen atoms in total. The van der Waals surface area contributed by atoms with E-state index in [1.54, 1.807) is 18.5 Å². The highest BCUT2D eigenvalue weighted by Gasteiger charge is 2.24. The van der Waals surface area contributed by atoms with Crippen molar-refractivity contribution in [2.24, 2.45) is 0 Å². The van der Waals surface area contributed by atoms with Gasteiger partial charge < -0.3 is 5.32 Å². The van der Waals surface area contributed by atoms with Crippen LogP contribution in [0.5, 0.6) is 0 Å². The smallest absolute Gasteiger partial charge is 0.290 e. The number of carbonyl (C=O) groups excluding carboxylic acids is 2. The number of benzene rings is 2. The van der Waals surface area contributed by atoms with Crippen molar-refractivity contribution < 1.29 is 9.59 Å². The van der Waals surface area contributed by atoms with E-state index in [1.807, 2.05) is 42.5 Å². The summed E-state index contributed by atoms with van der Waals surface area (Å²) in [5.41, 5.74) is 3.57. The number of aromatic nitrogens is 2. The van der Waals surface area contributed by atoms with Crippen LogP contribution >= 0.6 is 11.8 Å². The van der Waals surface area contributed by atoms with Crippen LogP contribution in [0.15, 0.2) is 71.9 Å². The Kier molecular flexibility index (Phi) is 5.39. The second-order valence-electron chi connectivity index (χ2n) is 6.54. The van der Waals surface area contributed by atoms with Crippen LogP contribution in [0, 0.1) is 0 Å². The van der Waals surface area contributed by atoms with Crippen LogP contribution in [0.3, 0.4) is 0 Å². The highest BCUT2D eigenvalue weighted by atomic mass is 32.2. The molecule has 3 aromatic rings. The zero-order valence-electron chi connectivity index (χ0n) is 15.6. The Hall–Kier alpha value is -3.45. The molecule has 144 valence electrons. The number of nitrogens with zero attached hydrogens (tertiary/aromatic N) is 2. The van der Waals surface area contributed by atoms with Crippen LogP contribution in [0.2, 0.25) is 0 Å². The van der Waals surface area contributed by atoms with E-state index < -0.39 is 0 Å². The predicted octanol–water partition coefficient (Wildman–Crippen LogP) is 4.64. The maximum Gasteiger partial charge on any atom is 0.290 e. The molecule has 2 aromatic carbocycles. The molecule has 0 bridgehead atoms. The summed E-state index contributed by atoms with van der Waals surface area (Å²) in [6.07, 6.45) is 5.09. The number of hydrogen-bond donors (Lipinski definition) is 2. The quantitative estimate of drug-likeness (QED) is 0.605. The largest absolute Gasteiger partial charge is 0.362 e. The zero-order valence-corrected chi connectivity index (χ0v) is 16.4. The Morgan fingerprint density at radius 2 is 1.90 bits per heavy atom. The summed E-state index contributed by atoms with van der Waals surface area (Å²) in [6, 6.07) is 17.8. The van der Waals surface area contributed by atoms with E-state index in [9.17, 15) is 9.59 Å². The van der Waals surface area contributed by atoms with Crippen LogP contribution in [-0.2, 0) is 4.79 Å². The molecule has 2 N–H and O–H groups in total. The standard InChI is InChI=1S/C22H18N4O2S/c1-14(16-7-3-2-4-8-16)24-20-13-23-12-18(25-20)17-9-5-6-15(10-17)11-19-21(27)26-22(28)29-19/h2-14H,1H3,(H,24,25)(H,26,27,28). The van der Waals surface area contributed by atoms with Gasteiger partial charge in [-0.3, -0.25) is 19.9 Å². The van der Waals surface area contributed by atoms with E-state index in [4.69, 9.17) is 0 Å². The van der Waals surface area contributed by atoms with Crippen LogP contribution < -0.4 is 10.6 Å². The van der Waals surface area contributed by atoms with Gasteiger partial charge in [0.05, 0.1) is 23.0 Å². The summed E-state index contributed by atoms with van der Waals surface area (Å²) in [5, 5.41) is 5.28. The maximum atomic E-state index is 11.8. The summed E-state index contributed by atoms with van der Waals surface area (Å²) in [4.78, 5) is 32.5. The first-order chi connectivity index (χ1) is 14.1. The topological polar surface area (TPSA) is 84.0 Å². The van der Waals surface area contributed by atoms with E-state index >= 15 is 0 Å². The maximum absolute atomic E-state index is 11.8. The summed E-state index contributed by atoms with van der Waals surface area (Å²) >= 11 is 0.901. The lowest BCUT2D eigenvalue weighted by Crippen LogP contribution is -2.17. The monoisotopic (exact) mass is 402 g/mol. The Balaban J connectivity index is 1.56. The first-order valence-electron chi connectivity index (χ1n) is 9.07. The third-order valence-electron chi connectivity index (χ3n) is 4.42. The normalized spacial score (nSPS) is 16.0. The number of amides is 2. The Morgan fingerprint density at radius 3 is 2.66 bits per heavy atom. The number of imide groups is 1. The fraction of sp³-hybridized carbons (Fsp3) is 0.0909. The Labute approximate surface area is 172 Å². The van der Waals surface area contributed by atoms with E-state index in [0.717, 1.165) is 34.1 Å². The zero-order chi connectivity index (χ0) is 20.2. The van der Waals surface area contributed by atoms with Gasteiger partial charge in [-0.15, -0.1) is 0 Å². The highest BCUT2D eigenvalue weighted by Crippen LogP contribution is 2.27.